The van der Waals surface area contributed by atoms with Gasteiger partial charge < -0.3 is 4.74 Å². The van der Waals surface area contributed by atoms with Crippen LogP contribution in [-0.4, -0.2) is 75.0 Å². The number of carbonyl (C=O) groups is 1. The number of anilines is 1. The molecule has 40 heavy (non-hydrogen) atoms. The third kappa shape index (κ3) is 6.39. The number of sulfonamides is 1. The van der Waals surface area contributed by atoms with Crippen LogP contribution in [0, 0.1) is 5.82 Å². The van der Waals surface area contributed by atoms with Crippen LogP contribution >= 0.6 is 11.3 Å². The Morgan fingerprint density at radius 3 is 2.45 bits per heavy atom. The van der Waals surface area contributed by atoms with Gasteiger partial charge in [-0.2, -0.15) is 4.31 Å². The Labute approximate surface area is 237 Å². The summed E-state index contributed by atoms with van der Waals surface area (Å²) in [5.74, 6) is -0.752. The molecule has 1 aliphatic heterocycles. The monoisotopic (exact) mass is 582 g/mol. The number of thiazole rings is 1. The van der Waals surface area contributed by atoms with Crippen LogP contribution in [-0.2, 0) is 21.3 Å². The molecule has 0 bridgehead atoms. The van der Waals surface area contributed by atoms with Crippen LogP contribution in [0.5, 0.6) is 0 Å². The van der Waals surface area contributed by atoms with Gasteiger partial charge in [-0.15, -0.1) is 0 Å². The lowest BCUT2D eigenvalue weighted by Crippen LogP contribution is -2.39. The van der Waals surface area contributed by atoms with Crippen molar-refractivity contribution in [3.8, 4) is 0 Å². The summed E-state index contributed by atoms with van der Waals surface area (Å²) in [5, 5.41) is 0.409. The number of para-hydroxylation sites is 1. The number of ether oxygens (including phenoxy) is 1. The van der Waals surface area contributed by atoms with Crippen LogP contribution in [0.3, 0.4) is 0 Å². The van der Waals surface area contributed by atoms with E-state index in [-0.39, 0.29) is 22.9 Å². The molecule has 0 spiro atoms. The molecular weight excluding hydrogens is 551 g/mol. The molecule has 1 fully saturated rings. The van der Waals surface area contributed by atoms with Crippen molar-refractivity contribution in [2.45, 2.75) is 17.9 Å². The molecule has 0 atom stereocenters. The number of carbonyl (C=O) groups excluding carboxylic acids is 1. The second-order valence-electron chi connectivity index (χ2n) is 9.62. The fourth-order valence-corrected chi connectivity index (χ4v) is 6.77. The molecule has 1 aliphatic rings. The van der Waals surface area contributed by atoms with Crippen molar-refractivity contribution in [1.29, 1.82) is 0 Å². The quantitative estimate of drug-likeness (QED) is 0.271. The predicted octanol–water partition coefficient (Wildman–Crippen LogP) is 4.63. The number of rotatable bonds is 10. The van der Waals surface area contributed by atoms with Gasteiger partial charge in [0, 0.05) is 45.3 Å². The van der Waals surface area contributed by atoms with Gasteiger partial charge in [0.2, 0.25) is 10.0 Å². The lowest BCUT2D eigenvalue weighted by atomic mass is 10.2. The van der Waals surface area contributed by atoms with E-state index in [0.29, 0.717) is 41.6 Å². The number of hydrogen-bond donors (Lipinski definition) is 0. The average Bonchev–Trinajstić information content (AvgIpc) is 3.41. The maximum Gasteiger partial charge on any atom is 0.260 e. The number of nitrogens with zero attached hydrogens (tertiary/aromatic N) is 4. The maximum absolute atomic E-state index is 14.4. The minimum absolute atomic E-state index is 0.100. The molecule has 0 N–H and O–H groups in total. The molecule has 4 aromatic rings. The highest BCUT2D eigenvalue weighted by molar-refractivity contribution is 7.89. The molecule has 3 aromatic carbocycles. The molecule has 5 rings (SSSR count). The Morgan fingerprint density at radius 2 is 1.75 bits per heavy atom. The zero-order valence-corrected chi connectivity index (χ0v) is 23.8. The SMILES string of the molecule is CN(Cc1ccccc1)S(=O)(=O)c1ccc(C(=O)N(CCCN2CCOCC2)c2nc3c(F)cccc3s2)cc1. The number of amides is 1. The van der Waals surface area contributed by atoms with E-state index in [9.17, 15) is 17.6 Å². The summed E-state index contributed by atoms with van der Waals surface area (Å²) < 4.78 is 48.1. The highest BCUT2D eigenvalue weighted by Crippen LogP contribution is 2.31. The second kappa shape index (κ2) is 12.5. The molecule has 0 aliphatic carbocycles. The minimum atomic E-state index is -3.76. The zero-order valence-electron chi connectivity index (χ0n) is 22.2. The lowest BCUT2D eigenvalue weighted by molar-refractivity contribution is 0.0376. The van der Waals surface area contributed by atoms with E-state index in [2.05, 4.69) is 9.88 Å². The Bertz CT molecular complexity index is 1560. The molecule has 2 heterocycles. The minimum Gasteiger partial charge on any atom is -0.379 e. The van der Waals surface area contributed by atoms with Crippen molar-refractivity contribution in [2.24, 2.45) is 0 Å². The third-order valence-electron chi connectivity index (χ3n) is 6.85. The Hall–Kier alpha value is -3.22. The Kier molecular flexibility index (Phi) is 8.87. The fourth-order valence-electron chi connectivity index (χ4n) is 4.61. The fraction of sp³-hybridized carbons (Fsp3) is 0.310. The normalized spacial score (nSPS) is 14.6. The topological polar surface area (TPSA) is 83.1 Å². The first-order valence-electron chi connectivity index (χ1n) is 13.1. The number of benzene rings is 3. The number of hydrogen-bond acceptors (Lipinski definition) is 7. The van der Waals surface area contributed by atoms with Crippen molar-refractivity contribution in [1.82, 2.24) is 14.2 Å². The average molecular weight is 583 g/mol. The van der Waals surface area contributed by atoms with Crippen LogP contribution in [0.4, 0.5) is 9.52 Å². The molecule has 210 valence electrons. The summed E-state index contributed by atoms with van der Waals surface area (Å²) in [6.45, 7) is 4.47. The molecule has 1 amide bonds. The molecule has 0 radical (unpaired) electrons. The number of aromatic nitrogens is 1. The molecular formula is C29H31FN4O4S2. The molecule has 11 heteroatoms. The van der Waals surface area contributed by atoms with Crippen molar-refractivity contribution < 1.29 is 22.3 Å². The molecule has 0 saturated carbocycles. The van der Waals surface area contributed by atoms with E-state index in [1.807, 2.05) is 30.3 Å². The van der Waals surface area contributed by atoms with E-state index in [1.165, 1.54) is 53.0 Å². The standard InChI is InChI=1S/C29H31FN4O4S2/c1-32(21-22-7-3-2-4-8-22)40(36,37)24-13-11-23(12-14-24)28(35)34(16-6-15-33-17-19-38-20-18-33)29-31-27-25(30)9-5-10-26(27)39-29/h2-5,7-14H,6,15-21H2,1H3. The van der Waals surface area contributed by atoms with E-state index in [4.69, 9.17) is 4.74 Å². The number of halogens is 1. The van der Waals surface area contributed by atoms with Gasteiger partial charge in [-0.25, -0.2) is 17.8 Å². The van der Waals surface area contributed by atoms with Gasteiger partial charge >= 0.3 is 0 Å². The first kappa shape index (κ1) is 28.3. The van der Waals surface area contributed by atoms with Crippen LogP contribution < -0.4 is 4.90 Å². The Morgan fingerprint density at radius 1 is 1.02 bits per heavy atom. The first-order chi connectivity index (χ1) is 19.3. The largest absolute Gasteiger partial charge is 0.379 e. The summed E-state index contributed by atoms with van der Waals surface area (Å²) in [5.41, 5.74) is 1.44. The smallest absolute Gasteiger partial charge is 0.260 e. The second-order valence-corrected chi connectivity index (χ2v) is 12.7. The van der Waals surface area contributed by atoms with Crippen LogP contribution in [0.2, 0.25) is 0 Å². The number of fused-ring (bicyclic) bond motifs is 1. The number of morpholine rings is 1. The first-order valence-corrected chi connectivity index (χ1v) is 15.4. The van der Waals surface area contributed by atoms with Crippen molar-refractivity contribution >= 4 is 42.6 Å². The van der Waals surface area contributed by atoms with Gasteiger partial charge in [0.05, 0.1) is 22.8 Å². The summed E-state index contributed by atoms with van der Waals surface area (Å²) in [6.07, 6.45) is 0.695. The predicted molar refractivity (Wildman–Crippen MR) is 155 cm³/mol. The van der Waals surface area contributed by atoms with Crippen LogP contribution in [0.1, 0.15) is 22.3 Å². The molecule has 8 nitrogen and oxygen atoms in total. The van der Waals surface area contributed by atoms with Gasteiger partial charge in [0.25, 0.3) is 5.91 Å². The Balaban J connectivity index is 1.36. The molecule has 1 saturated heterocycles. The zero-order chi connectivity index (χ0) is 28.1. The van der Waals surface area contributed by atoms with Gasteiger partial charge in [-0.05, 0) is 48.4 Å². The summed E-state index contributed by atoms with van der Waals surface area (Å²) in [6, 6.07) is 20.1. The van der Waals surface area contributed by atoms with E-state index in [1.54, 1.807) is 17.0 Å². The maximum atomic E-state index is 14.4. The lowest BCUT2D eigenvalue weighted by Gasteiger charge is -2.27. The van der Waals surface area contributed by atoms with Gasteiger partial charge in [-0.3, -0.25) is 14.6 Å². The summed E-state index contributed by atoms with van der Waals surface area (Å²) in [7, 11) is -2.23. The van der Waals surface area contributed by atoms with Gasteiger partial charge in [-0.1, -0.05) is 47.7 Å². The van der Waals surface area contributed by atoms with E-state index in [0.717, 1.165) is 25.2 Å². The highest BCUT2D eigenvalue weighted by atomic mass is 32.2. The van der Waals surface area contributed by atoms with Crippen molar-refractivity contribution in [2.75, 3.05) is 51.3 Å². The van der Waals surface area contributed by atoms with Crippen molar-refractivity contribution in [3.63, 3.8) is 0 Å². The van der Waals surface area contributed by atoms with Gasteiger partial charge in [0.1, 0.15) is 11.3 Å². The third-order valence-corrected chi connectivity index (χ3v) is 9.71. The van der Waals surface area contributed by atoms with Crippen LogP contribution in [0.25, 0.3) is 10.2 Å². The van der Waals surface area contributed by atoms with Crippen molar-refractivity contribution in [3.05, 3.63) is 89.7 Å². The molecule has 0 unspecified atom stereocenters. The molecule has 1 aromatic heterocycles. The van der Waals surface area contributed by atoms with Gasteiger partial charge in [0.15, 0.2) is 5.13 Å². The summed E-state index contributed by atoms with van der Waals surface area (Å²) in [4.78, 5) is 22.1. The highest BCUT2D eigenvalue weighted by Gasteiger charge is 2.25. The van der Waals surface area contributed by atoms with E-state index < -0.39 is 15.8 Å². The summed E-state index contributed by atoms with van der Waals surface area (Å²) >= 11 is 1.26. The van der Waals surface area contributed by atoms with Crippen LogP contribution in [0.15, 0.2) is 77.7 Å². The van der Waals surface area contributed by atoms with E-state index >= 15 is 0 Å².